The molecule has 94 valence electrons. The first-order valence-electron chi connectivity index (χ1n) is 6.73. The van der Waals surface area contributed by atoms with Gasteiger partial charge in [0.1, 0.15) is 0 Å². The third-order valence-electron chi connectivity index (χ3n) is 4.81. The number of nitrogens with zero attached hydrogens (tertiary/aromatic N) is 1. The van der Waals surface area contributed by atoms with Gasteiger partial charge in [0.05, 0.1) is 5.92 Å². The van der Waals surface area contributed by atoms with Crippen LogP contribution in [0.3, 0.4) is 0 Å². The van der Waals surface area contributed by atoms with E-state index in [0.717, 1.165) is 38.5 Å². The number of amides is 1. The Balaban J connectivity index is 1.76. The fourth-order valence-electron chi connectivity index (χ4n) is 3.98. The minimum Gasteiger partial charge on any atom is -0.481 e. The van der Waals surface area contributed by atoms with E-state index in [1.807, 2.05) is 4.90 Å². The normalized spacial score (nSPS) is 36.7. The van der Waals surface area contributed by atoms with E-state index in [9.17, 15) is 9.59 Å². The van der Waals surface area contributed by atoms with E-state index < -0.39 is 5.97 Å². The molecule has 4 nitrogen and oxygen atoms in total. The van der Waals surface area contributed by atoms with Gasteiger partial charge < -0.3 is 10.0 Å². The molecule has 0 radical (unpaired) electrons. The zero-order chi connectivity index (χ0) is 12.0. The van der Waals surface area contributed by atoms with Gasteiger partial charge in [-0.05, 0) is 32.1 Å². The number of hydrogen-bond acceptors (Lipinski definition) is 2. The minimum absolute atomic E-state index is 0.00870. The number of fused-ring (bicyclic) bond motifs is 2. The van der Waals surface area contributed by atoms with Gasteiger partial charge in [-0.1, -0.05) is 12.8 Å². The molecule has 3 rings (SSSR count). The summed E-state index contributed by atoms with van der Waals surface area (Å²) in [6.07, 6.45) is 6.90. The molecule has 0 aromatic carbocycles. The van der Waals surface area contributed by atoms with Gasteiger partial charge in [-0.3, -0.25) is 9.59 Å². The van der Waals surface area contributed by atoms with Gasteiger partial charge in [0, 0.05) is 18.0 Å². The highest BCUT2D eigenvalue weighted by atomic mass is 16.4. The van der Waals surface area contributed by atoms with Gasteiger partial charge in [0.25, 0.3) is 0 Å². The van der Waals surface area contributed by atoms with Crippen molar-refractivity contribution < 1.29 is 14.7 Å². The van der Waals surface area contributed by atoms with Crippen LogP contribution in [0.5, 0.6) is 0 Å². The molecule has 17 heavy (non-hydrogen) atoms. The number of carbonyl (C=O) groups is 2. The Hall–Kier alpha value is -1.06. The molecule has 0 aromatic heterocycles. The molecule has 3 aliphatic rings. The molecule has 2 bridgehead atoms. The van der Waals surface area contributed by atoms with Crippen LogP contribution in [0.1, 0.15) is 44.9 Å². The summed E-state index contributed by atoms with van der Waals surface area (Å²) in [7, 11) is 0. The highest BCUT2D eigenvalue weighted by molar-refractivity contribution is 5.82. The van der Waals surface area contributed by atoms with Crippen LogP contribution in [-0.4, -0.2) is 34.0 Å². The number of carbonyl (C=O) groups excluding carboxylic acids is 1. The Morgan fingerprint density at radius 2 is 1.76 bits per heavy atom. The fraction of sp³-hybridized carbons (Fsp3) is 0.846. The van der Waals surface area contributed by atoms with E-state index in [2.05, 4.69) is 0 Å². The Kier molecular flexibility index (Phi) is 2.60. The molecule has 3 fully saturated rings. The summed E-state index contributed by atoms with van der Waals surface area (Å²) in [5.41, 5.74) is 0. The predicted molar refractivity (Wildman–Crippen MR) is 61.4 cm³/mol. The molecule has 1 saturated carbocycles. The largest absolute Gasteiger partial charge is 0.481 e. The summed E-state index contributed by atoms with van der Waals surface area (Å²) < 4.78 is 0. The summed E-state index contributed by atoms with van der Waals surface area (Å²) in [6, 6.07) is 0.208. The summed E-state index contributed by atoms with van der Waals surface area (Å²) in [5, 5.41) is 9.16. The predicted octanol–water partition coefficient (Wildman–Crippen LogP) is 1.64. The summed E-state index contributed by atoms with van der Waals surface area (Å²) in [6.45, 7) is 0. The van der Waals surface area contributed by atoms with Crippen LogP contribution in [0.25, 0.3) is 0 Å². The molecule has 2 heterocycles. The zero-order valence-corrected chi connectivity index (χ0v) is 9.97. The molecule has 2 aliphatic heterocycles. The Morgan fingerprint density at radius 1 is 1.06 bits per heavy atom. The van der Waals surface area contributed by atoms with E-state index in [1.165, 1.54) is 0 Å². The summed E-state index contributed by atoms with van der Waals surface area (Å²) >= 11 is 0. The molecule has 2 saturated heterocycles. The Bertz CT molecular complexity index is 349. The molecule has 1 aliphatic carbocycles. The Labute approximate surface area is 101 Å². The van der Waals surface area contributed by atoms with Crippen molar-refractivity contribution in [2.45, 2.75) is 57.0 Å². The molecule has 0 aromatic rings. The van der Waals surface area contributed by atoms with Crippen molar-refractivity contribution in [1.29, 1.82) is 0 Å². The Morgan fingerprint density at radius 3 is 2.35 bits per heavy atom. The lowest BCUT2D eigenvalue weighted by Crippen LogP contribution is -2.40. The second-order valence-electron chi connectivity index (χ2n) is 5.71. The molecule has 1 N–H and O–H groups in total. The SMILES string of the molecule is O=C(O)C1CC2CCC1N2C(=O)C1CCCC1. The molecule has 0 spiro atoms. The molecule has 1 amide bonds. The first-order valence-corrected chi connectivity index (χ1v) is 6.73. The second kappa shape index (κ2) is 4.00. The van der Waals surface area contributed by atoms with Crippen molar-refractivity contribution in [2.24, 2.45) is 11.8 Å². The van der Waals surface area contributed by atoms with Crippen LogP contribution < -0.4 is 0 Å². The zero-order valence-electron chi connectivity index (χ0n) is 9.97. The van der Waals surface area contributed by atoms with E-state index in [-0.39, 0.29) is 29.8 Å². The lowest BCUT2D eigenvalue weighted by atomic mass is 9.89. The summed E-state index contributed by atoms with van der Waals surface area (Å²) in [5.74, 6) is -0.593. The fourth-order valence-corrected chi connectivity index (χ4v) is 3.98. The van der Waals surface area contributed by atoms with E-state index in [4.69, 9.17) is 5.11 Å². The third kappa shape index (κ3) is 1.65. The quantitative estimate of drug-likeness (QED) is 0.794. The lowest BCUT2D eigenvalue weighted by Gasteiger charge is -2.26. The van der Waals surface area contributed by atoms with Crippen LogP contribution in [0.4, 0.5) is 0 Å². The third-order valence-corrected chi connectivity index (χ3v) is 4.81. The van der Waals surface area contributed by atoms with Crippen LogP contribution in [-0.2, 0) is 9.59 Å². The van der Waals surface area contributed by atoms with Crippen molar-refractivity contribution in [3.8, 4) is 0 Å². The maximum absolute atomic E-state index is 12.4. The standard InChI is InChI=1S/C13H19NO3/c15-12(8-3-1-2-4-8)14-9-5-6-11(14)10(7-9)13(16)17/h8-11H,1-7H2,(H,16,17). The van der Waals surface area contributed by atoms with Gasteiger partial charge in [0.15, 0.2) is 0 Å². The lowest BCUT2D eigenvalue weighted by molar-refractivity contribution is -0.143. The molecule has 3 unspecified atom stereocenters. The van der Waals surface area contributed by atoms with Crippen molar-refractivity contribution in [2.75, 3.05) is 0 Å². The van der Waals surface area contributed by atoms with E-state index >= 15 is 0 Å². The van der Waals surface area contributed by atoms with Crippen LogP contribution in [0, 0.1) is 11.8 Å². The monoisotopic (exact) mass is 237 g/mol. The van der Waals surface area contributed by atoms with Crippen LogP contribution in [0.2, 0.25) is 0 Å². The van der Waals surface area contributed by atoms with Gasteiger partial charge in [-0.25, -0.2) is 0 Å². The number of carboxylic acid groups (broad SMARTS) is 1. The maximum atomic E-state index is 12.4. The average molecular weight is 237 g/mol. The maximum Gasteiger partial charge on any atom is 0.308 e. The van der Waals surface area contributed by atoms with Gasteiger partial charge in [0.2, 0.25) is 5.91 Å². The van der Waals surface area contributed by atoms with Crippen molar-refractivity contribution in [1.82, 2.24) is 4.90 Å². The summed E-state index contributed by atoms with van der Waals surface area (Å²) in [4.78, 5) is 25.5. The van der Waals surface area contributed by atoms with Gasteiger partial charge >= 0.3 is 5.97 Å². The van der Waals surface area contributed by atoms with E-state index in [0.29, 0.717) is 6.42 Å². The molecular weight excluding hydrogens is 218 g/mol. The average Bonchev–Trinajstić information content (AvgIpc) is 3.03. The molecule has 4 heteroatoms. The number of carboxylic acids is 1. The first-order chi connectivity index (χ1) is 8.18. The topological polar surface area (TPSA) is 57.6 Å². The molecule has 3 atom stereocenters. The smallest absolute Gasteiger partial charge is 0.308 e. The molecular formula is C13H19NO3. The van der Waals surface area contributed by atoms with Gasteiger partial charge in [-0.15, -0.1) is 0 Å². The van der Waals surface area contributed by atoms with Gasteiger partial charge in [-0.2, -0.15) is 0 Å². The van der Waals surface area contributed by atoms with Crippen LogP contribution >= 0.6 is 0 Å². The first kappa shape index (κ1) is 11.1. The van der Waals surface area contributed by atoms with Crippen molar-refractivity contribution in [3.05, 3.63) is 0 Å². The number of hydrogen-bond donors (Lipinski definition) is 1. The highest BCUT2D eigenvalue weighted by Crippen LogP contribution is 2.43. The van der Waals surface area contributed by atoms with Crippen molar-refractivity contribution >= 4 is 11.9 Å². The van der Waals surface area contributed by atoms with Crippen molar-refractivity contribution in [3.63, 3.8) is 0 Å². The number of aliphatic carboxylic acids is 1. The number of rotatable bonds is 2. The second-order valence-corrected chi connectivity index (χ2v) is 5.71. The van der Waals surface area contributed by atoms with E-state index in [1.54, 1.807) is 0 Å². The highest BCUT2D eigenvalue weighted by Gasteiger charge is 2.52. The van der Waals surface area contributed by atoms with Crippen LogP contribution in [0.15, 0.2) is 0 Å². The minimum atomic E-state index is -0.721.